The number of rotatable bonds is 7. The maximum atomic E-state index is 12.8. The van der Waals surface area contributed by atoms with E-state index >= 15 is 0 Å². The molecule has 1 aliphatic heterocycles. The third-order valence-corrected chi connectivity index (χ3v) is 6.59. The Kier molecular flexibility index (Phi) is 7.70. The molecule has 1 saturated heterocycles. The number of aromatic nitrogens is 2. The highest BCUT2D eigenvalue weighted by molar-refractivity contribution is 6.31. The van der Waals surface area contributed by atoms with Crippen LogP contribution >= 0.6 is 11.6 Å². The molecule has 1 fully saturated rings. The number of hydrogen-bond donors (Lipinski definition) is 0. The van der Waals surface area contributed by atoms with Crippen molar-refractivity contribution in [2.24, 2.45) is 0 Å². The monoisotopic (exact) mass is 478 g/mol. The Balaban J connectivity index is 1.38. The number of benzene rings is 2. The van der Waals surface area contributed by atoms with Gasteiger partial charge in [0.2, 0.25) is 5.91 Å². The van der Waals surface area contributed by atoms with E-state index in [1.807, 2.05) is 55.9 Å². The zero-order valence-corrected chi connectivity index (χ0v) is 20.8. The highest BCUT2D eigenvalue weighted by Crippen LogP contribution is 2.21. The lowest BCUT2D eigenvalue weighted by Gasteiger charge is -2.29. The third-order valence-electron chi connectivity index (χ3n) is 6.22. The number of carbonyl (C=O) groups excluding carboxylic acids is 1. The number of hydrogen-bond acceptors (Lipinski definition) is 4. The quantitative estimate of drug-likeness (QED) is 0.461. The Hall–Kier alpha value is -3.09. The predicted octanol–water partition coefficient (Wildman–Crippen LogP) is 4.71. The summed E-state index contributed by atoms with van der Waals surface area (Å²) >= 11 is 6.31. The van der Waals surface area contributed by atoms with Gasteiger partial charge < -0.3 is 14.5 Å². The second kappa shape index (κ2) is 10.9. The van der Waals surface area contributed by atoms with Gasteiger partial charge in [-0.25, -0.2) is 0 Å². The SMILES string of the molecule is Cc1nn(Cc2ccccc2Cl)c(C)c1/C=C/C(=O)N(C)Cc1ccc(N2CCOCC2)cc1. The van der Waals surface area contributed by atoms with Crippen molar-refractivity contribution >= 4 is 29.3 Å². The predicted molar refractivity (Wildman–Crippen MR) is 137 cm³/mol. The molecule has 1 aromatic heterocycles. The van der Waals surface area contributed by atoms with Gasteiger partial charge >= 0.3 is 0 Å². The highest BCUT2D eigenvalue weighted by atomic mass is 35.5. The first-order valence-corrected chi connectivity index (χ1v) is 11.9. The van der Waals surface area contributed by atoms with Gasteiger partial charge in [-0.05, 0) is 49.2 Å². The first-order chi connectivity index (χ1) is 16.4. The number of anilines is 1. The summed E-state index contributed by atoms with van der Waals surface area (Å²) in [6.45, 7) is 8.48. The molecular weight excluding hydrogens is 448 g/mol. The number of amides is 1. The Morgan fingerprint density at radius 1 is 1.12 bits per heavy atom. The van der Waals surface area contributed by atoms with E-state index in [1.165, 1.54) is 5.69 Å². The van der Waals surface area contributed by atoms with Crippen LogP contribution in [0.1, 0.15) is 28.1 Å². The molecule has 0 saturated carbocycles. The molecule has 0 radical (unpaired) electrons. The van der Waals surface area contributed by atoms with Gasteiger partial charge in [-0.2, -0.15) is 5.10 Å². The largest absolute Gasteiger partial charge is 0.378 e. The lowest BCUT2D eigenvalue weighted by Crippen LogP contribution is -2.36. The Morgan fingerprint density at radius 2 is 1.82 bits per heavy atom. The second-order valence-corrected chi connectivity index (χ2v) is 9.03. The molecule has 178 valence electrons. The minimum absolute atomic E-state index is 0.0464. The van der Waals surface area contributed by atoms with E-state index in [9.17, 15) is 4.79 Å². The maximum absolute atomic E-state index is 12.8. The van der Waals surface area contributed by atoms with Crippen LogP contribution in [0.4, 0.5) is 5.69 Å². The molecule has 0 atom stereocenters. The van der Waals surface area contributed by atoms with E-state index in [4.69, 9.17) is 16.3 Å². The van der Waals surface area contributed by atoms with Gasteiger partial charge in [-0.3, -0.25) is 9.48 Å². The van der Waals surface area contributed by atoms with Crippen molar-refractivity contribution in [3.05, 3.63) is 87.7 Å². The molecule has 0 aliphatic carbocycles. The van der Waals surface area contributed by atoms with E-state index in [1.54, 1.807) is 11.0 Å². The van der Waals surface area contributed by atoms with Crippen molar-refractivity contribution < 1.29 is 9.53 Å². The average molecular weight is 479 g/mol. The zero-order valence-electron chi connectivity index (χ0n) is 20.0. The number of halogens is 1. The minimum Gasteiger partial charge on any atom is -0.378 e. The first kappa shape index (κ1) is 24.0. The number of morpholine rings is 1. The van der Waals surface area contributed by atoms with Gasteiger partial charge in [0.1, 0.15) is 0 Å². The molecule has 7 heteroatoms. The Labute approximate surface area is 206 Å². The van der Waals surface area contributed by atoms with Gasteiger partial charge in [-0.1, -0.05) is 41.9 Å². The summed E-state index contributed by atoms with van der Waals surface area (Å²) in [4.78, 5) is 16.8. The average Bonchev–Trinajstić information content (AvgIpc) is 3.12. The summed E-state index contributed by atoms with van der Waals surface area (Å²) in [5.41, 5.74) is 6.16. The van der Waals surface area contributed by atoms with E-state index in [0.29, 0.717) is 13.1 Å². The Bertz CT molecular complexity index is 1160. The summed E-state index contributed by atoms with van der Waals surface area (Å²) in [6, 6.07) is 16.2. The standard InChI is InChI=1S/C27H31ClN4O2/c1-20-25(21(2)32(29-20)19-23-6-4-5-7-26(23)28)12-13-27(33)30(3)18-22-8-10-24(11-9-22)31-14-16-34-17-15-31/h4-13H,14-19H2,1-3H3/b13-12+. The van der Waals surface area contributed by atoms with Crippen molar-refractivity contribution in [1.29, 1.82) is 0 Å². The van der Waals surface area contributed by atoms with Crippen LogP contribution < -0.4 is 4.90 Å². The zero-order chi connectivity index (χ0) is 24.1. The molecule has 0 spiro atoms. The van der Waals surface area contributed by atoms with Crippen LogP contribution in [0.5, 0.6) is 0 Å². The van der Waals surface area contributed by atoms with Crippen molar-refractivity contribution in [3.63, 3.8) is 0 Å². The normalized spacial score (nSPS) is 14.1. The van der Waals surface area contributed by atoms with Gasteiger partial charge in [-0.15, -0.1) is 0 Å². The molecule has 1 aliphatic rings. The van der Waals surface area contributed by atoms with E-state index in [0.717, 1.165) is 59.4 Å². The van der Waals surface area contributed by atoms with Gasteiger partial charge in [0.25, 0.3) is 0 Å². The van der Waals surface area contributed by atoms with Crippen LogP contribution in [-0.2, 0) is 22.6 Å². The molecule has 0 N–H and O–H groups in total. The van der Waals surface area contributed by atoms with Crippen LogP contribution in [0.25, 0.3) is 6.08 Å². The number of nitrogens with zero attached hydrogens (tertiary/aromatic N) is 4. The van der Waals surface area contributed by atoms with Crippen molar-refractivity contribution in [3.8, 4) is 0 Å². The maximum Gasteiger partial charge on any atom is 0.246 e. The molecule has 0 bridgehead atoms. The lowest BCUT2D eigenvalue weighted by atomic mass is 10.1. The molecule has 3 aromatic rings. The fraction of sp³-hybridized carbons (Fsp3) is 0.333. The smallest absolute Gasteiger partial charge is 0.246 e. The third kappa shape index (κ3) is 5.69. The summed E-state index contributed by atoms with van der Waals surface area (Å²) in [5.74, 6) is -0.0464. The molecule has 0 unspecified atom stereocenters. The van der Waals surface area contributed by atoms with Crippen molar-refractivity contribution in [1.82, 2.24) is 14.7 Å². The number of likely N-dealkylation sites (N-methyl/N-ethyl adjacent to an activating group) is 1. The summed E-state index contributed by atoms with van der Waals surface area (Å²) in [5, 5.41) is 5.38. The topological polar surface area (TPSA) is 50.6 Å². The van der Waals surface area contributed by atoms with E-state index in [2.05, 4.69) is 34.3 Å². The van der Waals surface area contributed by atoms with Crippen molar-refractivity contribution in [2.75, 3.05) is 38.3 Å². The van der Waals surface area contributed by atoms with Crippen LogP contribution in [0, 0.1) is 13.8 Å². The van der Waals surface area contributed by atoms with Crippen LogP contribution in [0.3, 0.4) is 0 Å². The molecule has 34 heavy (non-hydrogen) atoms. The number of aryl methyl sites for hydroxylation is 1. The lowest BCUT2D eigenvalue weighted by molar-refractivity contribution is -0.125. The fourth-order valence-electron chi connectivity index (χ4n) is 4.16. The molecule has 2 aromatic carbocycles. The second-order valence-electron chi connectivity index (χ2n) is 8.63. The molecule has 6 nitrogen and oxygen atoms in total. The van der Waals surface area contributed by atoms with Crippen LogP contribution in [0.2, 0.25) is 5.02 Å². The van der Waals surface area contributed by atoms with Gasteiger partial charge in [0.05, 0.1) is 25.5 Å². The van der Waals surface area contributed by atoms with Gasteiger partial charge in [0.15, 0.2) is 0 Å². The van der Waals surface area contributed by atoms with E-state index < -0.39 is 0 Å². The Morgan fingerprint density at radius 3 is 2.53 bits per heavy atom. The first-order valence-electron chi connectivity index (χ1n) is 11.5. The minimum atomic E-state index is -0.0464. The van der Waals surface area contributed by atoms with Crippen LogP contribution in [-0.4, -0.2) is 53.9 Å². The summed E-state index contributed by atoms with van der Waals surface area (Å²) in [7, 11) is 1.82. The van der Waals surface area contributed by atoms with Crippen molar-refractivity contribution in [2.45, 2.75) is 26.9 Å². The van der Waals surface area contributed by atoms with E-state index in [-0.39, 0.29) is 5.91 Å². The summed E-state index contributed by atoms with van der Waals surface area (Å²) in [6.07, 6.45) is 3.49. The molecule has 1 amide bonds. The van der Waals surface area contributed by atoms with Crippen LogP contribution in [0.15, 0.2) is 54.6 Å². The fourth-order valence-corrected chi connectivity index (χ4v) is 4.36. The molecule has 4 rings (SSSR count). The number of ether oxygens (including phenoxy) is 1. The molecular formula is C27H31ClN4O2. The highest BCUT2D eigenvalue weighted by Gasteiger charge is 2.13. The summed E-state index contributed by atoms with van der Waals surface area (Å²) < 4.78 is 7.35. The van der Waals surface area contributed by atoms with Gasteiger partial charge in [0, 0.05) is 54.7 Å². The molecule has 2 heterocycles. The number of carbonyl (C=O) groups is 1.